The first-order valence-corrected chi connectivity index (χ1v) is 5.52. The summed E-state index contributed by atoms with van der Waals surface area (Å²) < 4.78 is 0. The Morgan fingerprint density at radius 3 is 2.17 bits per heavy atom. The van der Waals surface area contributed by atoms with Crippen LogP contribution in [0.4, 0.5) is 0 Å². The Balaban J connectivity index is 0.000000771. The van der Waals surface area contributed by atoms with E-state index in [1.807, 2.05) is 19.1 Å². The van der Waals surface area contributed by atoms with Gasteiger partial charge in [-0.2, -0.15) is 0 Å². The quantitative estimate of drug-likeness (QED) is 0.798. The second kappa shape index (κ2) is 6.57. The van der Waals surface area contributed by atoms with E-state index in [0.29, 0.717) is 11.1 Å². The summed E-state index contributed by atoms with van der Waals surface area (Å²) in [5.74, 6) is -0.119. The van der Waals surface area contributed by atoms with Gasteiger partial charge in [-0.15, -0.1) is 0 Å². The fourth-order valence-corrected chi connectivity index (χ4v) is 1.58. The number of carbonyl (C=O) groups is 1. The molecule has 0 bridgehead atoms. The Kier molecular flexibility index (Phi) is 5.08. The van der Waals surface area contributed by atoms with E-state index in [1.165, 1.54) is 0 Å². The van der Waals surface area contributed by atoms with Gasteiger partial charge in [-0.1, -0.05) is 36.4 Å². The molecular weight excluding hydrogens is 228 g/mol. The zero-order valence-electron chi connectivity index (χ0n) is 10.4. The number of ketones is 1. The van der Waals surface area contributed by atoms with Crippen molar-refractivity contribution in [2.24, 2.45) is 0 Å². The zero-order chi connectivity index (χ0) is 13.5. The summed E-state index contributed by atoms with van der Waals surface area (Å²) in [5.41, 5.74) is 1.86. The van der Waals surface area contributed by atoms with Crippen molar-refractivity contribution in [3.8, 4) is 5.75 Å². The molecule has 3 nitrogen and oxygen atoms in total. The molecule has 0 radical (unpaired) electrons. The average molecular weight is 244 g/mol. The van der Waals surface area contributed by atoms with Crippen LogP contribution in [0, 0.1) is 6.92 Å². The molecule has 0 heterocycles. The van der Waals surface area contributed by atoms with Crippen molar-refractivity contribution in [1.29, 1.82) is 0 Å². The molecule has 2 aromatic rings. The van der Waals surface area contributed by atoms with Crippen LogP contribution in [0.25, 0.3) is 0 Å². The molecular formula is C15H16O3. The third-order valence-corrected chi connectivity index (χ3v) is 2.43. The van der Waals surface area contributed by atoms with Crippen LogP contribution < -0.4 is 0 Å². The minimum absolute atomic E-state index is 0.0360. The van der Waals surface area contributed by atoms with Crippen molar-refractivity contribution < 1.29 is 15.0 Å². The van der Waals surface area contributed by atoms with Gasteiger partial charge in [0.1, 0.15) is 5.75 Å². The third-order valence-electron chi connectivity index (χ3n) is 2.43. The zero-order valence-corrected chi connectivity index (χ0v) is 10.4. The first kappa shape index (κ1) is 13.9. The van der Waals surface area contributed by atoms with Gasteiger partial charge in [-0.05, 0) is 24.6 Å². The minimum atomic E-state index is -0.155. The van der Waals surface area contributed by atoms with Crippen LogP contribution in [-0.4, -0.2) is 23.1 Å². The molecule has 94 valence electrons. The smallest absolute Gasteiger partial charge is 0.196 e. The van der Waals surface area contributed by atoms with Crippen molar-refractivity contribution in [3.05, 3.63) is 65.2 Å². The van der Waals surface area contributed by atoms with Crippen molar-refractivity contribution in [3.63, 3.8) is 0 Å². The lowest BCUT2D eigenvalue weighted by Crippen LogP contribution is -2.01. The topological polar surface area (TPSA) is 57.5 Å². The number of rotatable bonds is 2. The molecule has 0 aliphatic carbocycles. The molecule has 0 saturated heterocycles. The average Bonchev–Trinajstić information content (AvgIpc) is 2.41. The first-order chi connectivity index (χ1) is 8.68. The van der Waals surface area contributed by atoms with Gasteiger partial charge in [0.15, 0.2) is 5.78 Å². The number of aryl methyl sites for hydroxylation is 1. The van der Waals surface area contributed by atoms with Gasteiger partial charge in [-0.3, -0.25) is 4.79 Å². The molecule has 0 aliphatic heterocycles. The monoisotopic (exact) mass is 244 g/mol. The molecule has 2 rings (SSSR count). The van der Waals surface area contributed by atoms with Crippen LogP contribution in [0.1, 0.15) is 21.5 Å². The number of hydrogen-bond donors (Lipinski definition) is 2. The van der Waals surface area contributed by atoms with Crippen LogP contribution >= 0.6 is 0 Å². The van der Waals surface area contributed by atoms with Crippen molar-refractivity contribution >= 4 is 5.78 Å². The predicted molar refractivity (Wildman–Crippen MR) is 70.9 cm³/mol. The largest absolute Gasteiger partial charge is 0.507 e. The molecule has 0 saturated carbocycles. The Labute approximate surface area is 106 Å². The van der Waals surface area contributed by atoms with Gasteiger partial charge in [0.2, 0.25) is 0 Å². The number of carbonyl (C=O) groups excluding carboxylic acids is 1. The number of hydrogen-bond acceptors (Lipinski definition) is 3. The van der Waals surface area contributed by atoms with E-state index in [2.05, 4.69) is 0 Å². The highest BCUT2D eigenvalue weighted by Gasteiger charge is 2.12. The Morgan fingerprint density at radius 2 is 1.61 bits per heavy atom. The normalized spacial score (nSPS) is 9.28. The Hall–Kier alpha value is -2.13. The second-order valence-corrected chi connectivity index (χ2v) is 3.72. The van der Waals surface area contributed by atoms with Crippen LogP contribution in [0.2, 0.25) is 0 Å². The lowest BCUT2D eigenvalue weighted by molar-refractivity contribution is 0.103. The Morgan fingerprint density at radius 1 is 1.00 bits per heavy atom. The first-order valence-electron chi connectivity index (χ1n) is 5.52. The molecule has 2 N–H and O–H groups in total. The lowest BCUT2D eigenvalue weighted by Gasteiger charge is -2.04. The van der Waals surface area contributed by atoms with E-state index in [0.717, 1.165) is 12.7 Å². The van der Waals surface area contributed by atoms with Crippen molar-refractivity contribution in [2.45, 2.75) is 6.92 Å². The van der Waals surface area contributed by atoms with Gasteiger partial charge in [0.25, 0.3) is 0 Å². The number of phenolic OH excluding ortho intramolecular Hbond substituents is 1. The molecule has 0 atom stereocenters. The summed E-state index contributed by atoms with van der Waals surface area (Å²) in [6.45, 7) is 1.87. The number of benzene rings is 2. The van der Waals surface area contributed by atoms with Gasteiger partial charge in [0, 0.05) is 12.7 Å². The van der Waals surface area contributed by atoms with E-state index in [4.69, 9.17) is 5.11 Å². The molecule has 0 spiro atoms. The number of aliphatic hydroxyl groups is 1. The highest BCUT2D eigenvalue weighted by molar-refractivity contribution is 6.10. The third kappa shape index (κ3) is 3.18. The van der Waals surface area contributed by atoms with E-state index >= 15 is 0 Å². The fraction of sp³-hybridized carbons (Fsp3) is 0.133. The summed E-state index contributed by atoms with van der Waals surface area (Å²) in [6.07, 6.45) is 0. The molecule has 0 aromatic heterocycles. The SMILES string of the molecule is CO.Cc1ccc(C(=O)c2ccccc2)c(O)c1. The highest BCUT2D eigenvalue weighted by Crippen LogP contribution is 2.21. The van der Waals surface area contributed by atoms with Gasteiger partial charge >= 0.3 is 0 Å². The van der Waals surface area contributed by atoms with Crippen molar-refractivity contribution in [2.75, 3.05) is 7.11 Å². The number of aromatic hydroxyl groups is 1. The maximum Gasteiger partial charge on any atom is 0.196 e. The summed E-state index contributed by atoms with van der Waals surface area (Å²) in [6, 6.07) is 14.0. The molecule has 0 fully saturated rings. The summed E-state index contributed by atoms with van der Waals surface area (Å²) >= 11 is 0. The van der Waals surface area contributed by atoms with E-state index in [-0.39, 0.29) is 11.5 Å². The molecule has 3 heteroatoms. The van der Waals surface area contributed by atoms with Gasteiger partial charge < -0.3 is 10.2 Å². The summed E-state index contributed by atoms with van der Waals surface area (Å²) in [7, 11) is 1.00. The molecule has 0 amide bonds. The van der Waals surface area contributed by atoms with E-state index in [9.17, 15) is 9.90 Å². The minimum Gasteiger partial charge on any atom is -0.507 e. The van der Waals surface area contributed by atoms with Crippen LogP contribution in [0.15, 0.2) is 48.5 Å². The molecule has 2 aromatic carbocycles. The maximum absolute atomic E-state index is 12.0. The van der Waals surface area contributed by atoms with Crippen LogP contribution in [-0.2, 0) is 0 Å². The van der Waals surface area contributed by atoms with Crippen LogP contribution in [0.5, 0.6) is 5.75 Å². The summed E-state index contributed by atoms with van der Waals surface area (Å²) in [5, 5.41) is 16.7. The fourth-order valence-electron chi connectivity index (χ4n) is 1.58. The summed E-state index contributed by atoms with van der Waals surface area (Å²) in [4.78, 5) is 12.0. The van der Waals surface area contributed by atoms with E-state index < -0.39 is 0 Å². The van der Waals surface area contributed by atoms with Gasteiger partial charge in [0.05, 0.1) is 5.56 Å². The molecule has 0 unspecified atom stereocenters. The standard InChI is InChI=1S/C14H12O2.CH4O/c1-10-7-8-12(13(15)9-10)14(16)11-5-3-2-4-6-11;1-2/h2-9,15H,1H3;2H,1H3. The predicted octanol–water partition coefficient (Wildman–Crippen LogP) is 2.54. The number of phenols is 1. The molecule has 18 heavy (non-hydrogen) atoms. The van der Waals surface area contributed by atoms with E-state index in [1.54, 1.807) is 36.4 Å². The van der Waals surface area contributed by atoms with Crippen LogP contribution in [0.3, 0.4) is 0 Å². The Bertz CT molecular complexity index is 519. The molecule has 0 aliphatic rings. The van der Waals surface area contributed by atoms with Gasteiger partial charge in [-0.25, -0.2) is 0 Å². The lowest BCUT2D eigenvalue weighted by atomic mass is 10.0. The second-order valence-electron chi connectivity index (χ2n) is 3.72. The number of aliphatic hydroxyl groups excluding tert-OH is 1. The van der Waals surface area contributed by atoms with Crippen molar-refractivity contribution in [1.82, 2.24) is 0 Å². The maximum atomic E-state index is 12.0. The highest BCUT2D eigenvalue weighted by atomic mass is 16.3.